The Morgan fingerprint density at radius 1 is 1.39 bits per heavy atom. The van der Waals surface area contributed by atoms with E-state index in [0.717, 1.165) is 30.5 Å². The lowest BCUT2D eigenvalue weighted by Crippen LogP contribution is -2.32. The largest absolute Gasteiger partial charge is 0.374 e. The lowest BCUT2D eigenvalue weighted by molar-refractivity contribution is 0.347. The molecule has 0 fully saturated rings. The highest BCUT2D eigenvalue weighted by Gasteiger charge is 2.19. The van der Waals surface area contributed by atoms with E-state index in [4.69, 9.17) is 5.73 Å². The van der Waals surface area contributed by atoms with Gasteiger partial charge in [0, 0.05) is 19.3 Å². The number of aromatic amines is 1. The maximum Gasteiger partial charge on any atom is 0.0931 e. The summed E-state index contributed by atoms with van der Waals surface area (Å²) in [5.41, 5.74) is 9.18. The predicted octanol–water partition coefficient (Wildman–Crippen LogP) is 2.37. The third-order valence-electron chi connectivity index (χ3n) is 3.33. The van der Waals surface area contributed by atoms with Crippen molar-refractivity contribution in [2.75, 3.05) is 25.0 Å². The first-order valence-corrected chi connectivity index (χ1v) is 6.36. The molecule has 0 aliphatic rings. The van der Waals surface area contributed by atoms with E-state index in [0.29, 0.717) is 0 Å². The summed E-state index contributed by atoms with van der Waals surface area (Å²) in [7, 11) is 2.12. The van der Waals surface area contributed by atoms with E-state index in [-0.39, 0.29) is 5.41 Å². The molecule has 0 amide bonds. The van der Waals surface area contributed by atoms with Gasteiger partial charge in [-0.2, -0.15) is 0 Å². The molecule has 0 spiro atoms. The topological polar surface area (TPSA) is 57.9 Å². The molecule has 1 heterocycles. The zero-order valence-electron chi connectivity index (χ0n) is 11.4. The van der Waals surface area contributed by atoms with E-state index in [9.17, 15) is 0 Å². The molecule has 0 aliphatic heterocycles. The number of anilines is 1. The normalized spacial score (nSPS) is 12.0. The highest BCUT2D eigenvalue weighted by Crippen LogP contribution is 2.25. The van der Waals surface area contributed by atoms with Crippen LogP contribution < -0.4 is 10.6 Å². The maximum absolute atomic E-state index is 5.66. The Hall–Kier alpha value is -1.55. The number of fused-ring (bicyclic) bond motifs is 1. The number of imidazole rings is 1. The van der Waals surface area contributed by atoms with Crippen LogP contribution in [0.3, 0.4) is 0 Å². The van der Waals surface area contributed by atoms with Gasteiger partial charge in [0.05, 0.1) is 17.4 Å². The second-order valence-electron chi connectivity index (χ2n) is 5.66. The van der Waals surface area contributed by atoms with Crippen LogP contribution in [0.15, 0.2) is 24.5 Å². The van der Waals surface area contributed by atoms with Crippen molar-refractivity contribution in [3.8, 4) is 0 Å². The summed E-state index contributed by atoms with van der Waals surface area (Å²) >= 11 is 0. The van der Waals surface area contributed by atoms with Gasteiger partial charge >= 0.3 is 0 Å². The number of hydrogen-bond donors (Lipinski definition) is 2. The summed E-state index contributed by atoms with van der Waals surface area (Å²) < 4.78 is 0. The minimum atomic E-state index is 0.229. The number of hydrogen-bond acceptors (Lipinski definition) is 3. The Balaban J connectivity index is 2.15. The Labute approximate surface area is 108 Å². The van der Waals surface area contributed by atoms with Crippen molar-refractivity contribution < 1.29 is 0 Å². The summed E-state index contributed by atoms with van der Waals surface area (Å²) in [5.74, 6) is 0. The third kappa shape index (κ3) is 2.82. The van der Waals surface area contributed by atoms with Gasteiger partial charge in [0.1, 0.15) is 0 Å². The summed E-state index contributed by atoms with van der Waals surface area (Å²) in [6.07, 6.45) is 2.76. The van der Waals surface area contributed by atoms with Crippen LogP contribution in [-0.2, 0) is 0 Å². The zero-order chi connectivity index (χ0) is 13.2. The van der Waals surface area contributed by atoms with Crippen LogP contribution in [0.1, 0.15) is 20.3 Å². The van der Waals surface area contributed by atoms with Gasteiger partial charge in [-0.15, -0.1) is 0 Å². The smallest absolute Gasteiger partial charge is 0.0931 e. The highest BCUT2D eigenvalue weighted by molar-refractivity contribution is 5.78. The molecule has 0 bridgehead atoms. The molecular formula is C14H22N4. The number of aromatic nitrogens is 2. The lowest BCUT2D eigenvalue weighted by Gasteiger charge is -2.31. The molecule has 0 atom stereocenters. The van der Waals surface area contributed by atoms with Gasteiger partial charge in [-0.1, -0.05) is 13.8 Å². The molecule has 18 heavy (non-hydrogen) atoms. The first-order valence-electron chi connectivity index (χ1n) is 6.36. The van der Waals surface area contributed by atoms with Crippen LogP contribution in [0.5, 0.6) is 0 Å². The molecule has 1 aromatic heterocycles. The Bertz CT molecular complexity index is 515. The standard InChI is InChI=1S/C14H22N4/c1-14(2,6-7-15)9-18(3)11-4-5-12-13(8-11)17-10-16-12/h4-5,8,10H,6-7,9,15H2,1-3H3,(H,16,17). The molecule has 0 saturated carbocycles. The van der Waals surface area contributed by atoms with Gasteiger partial charge < -0.3 is 15.6 Å². The Morgan fingerprint density at radius 2 is 2.17 bits per heavy atom. The van der Waals surface area contributed by atoms with Gasteiger partial charge in [-0.05, 0) is 36.6 Å². The van der Waals surface area contributed by atoms with Gasteiger partial charge in [-0.25, -0.2) is 4.98 Å². The lowest BCUT2D eigenvalue weighted by atomic mass is 9.88. The van der Waals surface area contributed by atoms with Crippen molar-refractivity contribution >= 4 is 16.7 Å². The fourth-order valence-corrected chi connectivity index (χ4v) is 2.36. The van der Waals surface area contributed by atoms with E-state index in [1.807, 2.05) is 6.07 Å². The minimum absolute atomic E-state index is 0.229. The van der Waals surface area contributed by atoms with Crippen molar-refractivity contribution in [3.05, 3.63) is 24.5 Å². The Kier molecular flexibility index (Phi) is 3.57. The minimum Gasteiger partial charge on any atom is -0.374 e. The fourth-order valence-electron chi connectivity index (χ4n) is 2.36. The van der Waals surface area contributed by atoms with Crippen molar-refractivity contribution in [1.82, 2.24) is 9.97 Å². The summed E-state index contributed by atoms with van der Waals surface area (Å²) in [6.45, 7) is 6.24. The third-order valence-corrected chi connectivity index (χ3v) is 3.33. The van der Waals surface area contributed by atoms with Gasteiger partial charge in [0.2, 0.25) is 0 Å². The van der Waals surface area contributed by atoms with E-state index >= 15 is 0 Å². The van der Waals surface area contributed by atoms with E-state index < -0.39 is 0 Å². The number of benzene rings is 1. The number of nitrogens with zero attached hydrogens (tertiary/aromatic N) is 2. The van der Waals surface area contributed by atoms with E-state index in [1.54, 1.807) is 6.33 Å². The first kappa shape index (κ1) is 12.9. The van der Waals surface area contributed by atoms with Gasteiger partial charge in [0.25, 0.3) is 0 Å². The predicted molar refractivity (Wildman–Crippen MR) is 76.8 cm³/mol. The van der Waals surface area contributed by atoms with Gasteiger partial charge in [0.15, 0.2) is 0 Å². The van der Waals surface area contributed by atoms with Crippen molar-refractivity contribution in [1.29, 1.82) is 0 Å². The second-order valence-corrected chi connectivity index (χ2v) is 5.66. The average molecular weight is 246 g/mol. The molecule has 2 aromatic rings. The van der Waals surface area contributed by atoms with Crippen molar-refractivity contribution in [3.63, 3.8) is 0 Å². The van der Waals surface area contributed by atoms with Crippen LogP contribution in [-0.4, -0.2) is 30.1 Å². The van der Waals surface area contributed by atoms with Crippen LogP contribution in [0, 0.1) is 5.41 Å². The molecule has 0 saturated heterocycles. The number of nitrogens with two attached hydrogens (primary N) is 1. The molecule has 0 radical (unpaired) electrons. The molecule has 1 aromatic carbocycles. The molecule has 3 N–H and O–H groups in total. The molecule has 0 aliphatic carbocycles. The highest BCUT2D eigenvalue weighted by atomic mass is 15.1. The monoisotopic (exact) mass is 246 g/mol. The van der Waals surface area contributed by atoms with Crippen LogP contribution in [0.25, 0.3) is 11.0 Å². The quantitative estimate of drug-likeness (QED) is 0.851. The van der Waals surface area contributed by atoms with Crippen molar-refractivity contribution in [2.45, 2.75) is 20.3 Å². The Morgan fingerprint density at radius 3 is 2.89 bits per heavy atom. The van der Waals surface area contributed by atoms with Crippen LogP contribution in [0.4, 0.5) is 5.69 Å². The van der Waals surface area contributed by atoms with Crippen molar-refractivity contribution in [2.24, 2.45) is 11.1 Å². The molecule has 98 valence electrons. The number of rotatable bonds is 5. The molecule has 0 unspecified atom stereocenters. The van der Waals surface area contributed by atoms with Crippen LogP contribution >= 0.6 is 0 Å². The van der Waals surface area contributed by atoms with E-state index in [1.165, 1.54) is 5.69 Å². The first-order chi connectivity index (χ1) is 8.52. The van der Waals surface area contributed by atoms with E-state index in [2.05, 4.69) is 47.9 Å². The maximum atomic E-state index is 5.66. The second kappa shape index (κ2) is 4.98. The van der Waals surface area contributed by atoms with Crippen LogP contribution in [0.2, 0.25) is 0 Å². The zero-order valence-corrected chi connectivity index (χ0v) is 11.4. The SMILES string of the molecule is CN(CC(C)(C)CCN)c1ccc2nc[nH]c2c1. The fraction of sp³-hybridized carbons (Fsp3) is 0.500. The molecular weight excluding hydrogens is 224 g/mol. The summed E-state index contributed by atoms with van der Waals surface area (Å²) in [6, 6.07) is 6.30. The summed E-state index contributed by atoms with van der Waals surface area (Å²) in [4.78, 5) is 9.65. The average Bonchev–Trinajstić information content (AvgIpc) is 2.74. The molecule has 4 heteroatoms. The number of nitrogens with one attached hydrogen (secondary N) is 1. The number of H-pyrrole nitrogens is 1. The van der Waals surface area contributed by atoms with Gasteiger partial charge in [-0.3, -0.25) is 0 Å². The molecule has 2 rings (SSSR count). The molecule has 4 nitrogen and oxygen atoms in total. The summed E-state index contributed by atoms with van der Waals surface area (Å²) in [5, 5.41) is 0.